The molecule has 1 rings (SSSR count). The molecule has 2 atom stereocenters. The van der Waals surface area contributed by atoms with Crippen LogP contribution in [-0.2, 0) is 4.79 Å². The Morgan fingerprint density at radius 1 is 1.38 bits per heavy atom. The van der Waals surface area contributed by atoms with Gasteiger partial charge in [0.05, 0.1) is 6.04 Å². The molecule has 3 nitrogen and oxygen atoms in total. The summed E-state index contributed by atoms with van der Waals surface area (Å²) >= 11 is 0. The van der Waals surface area contributed by atoms with E-state index in [1.165, 1.54) is 0 Å². The SMILES string of the molecule is CC(C)C[C@H](N)C(=O)N1CCC(C(C)C)C1. The predicted octanol–water partition coefficient (Wildman–Crippen LogP) is 1.86. The number of nitrogens with two attached hydrogens (primary N) is 1. The van der Waals surface area contributed by atoms with Crippen molar-refractivity contribution >= 4 is 5.91 Å². The fraction of sp³-hybridized carbons (Fsp3) is 0.923. The van der Waals surface area contributed by atoms with Gasteiger partial charge in [-0.3, -0.25) is 4.79 Å². The summed E-state index contributed by atoms with van der Waals surface area (Å²) < 4.78 is 0. The van der Waals surface area contributed by atoms with Crippen LogP contribution in [0.5, 0.6) is 0 Å². The fourth-order valence-electron chi connectivity index (χ4n) is 2.37. The fourth-order valence-corrected chi connectivity index (χ4v) is 2.37. The van der Waals surface area contributed by atoms with E-state index in [-0.39, 0.29) is 11.9 Å². The molecule has 1 aliphatic heterocycles. The minimum absolute atomic E-state index is 0.150. The molecule has 94 valence electrons. The number of nitrogens with zero attached hydrogens (tertiary/aromatic N) is 1. The molecule has 0 aliphatic carbocycles. The lowest BCUT2D eigenvalue weighted by atomic mass is 9.95. The van der Waals surface area contributed by atoms with E-state index >= 15 is 0 Å². The molecule has 1 unspecified atom stereocenters. The molecular weight excluding hydrogens is 200 g/mol. The third-order valence-electron chi connectivity index (χ3n) is 3.52. The van der Waals surface area contributed by atoms with Crippen LogP contribution in [0.15, 0.2) is 0 Å². The van der Waals surface area contributed by atoms with E-state index in [9.17, 15) is 4.79 Å². The second kappa shape index (κ2) is 5.67. The van der Waals surface area contributed by atoms with Crippen LogP contribution in [-0.4, -0.2) is 29.9 Å². The topological polar surface area (TPSA) is 46.3 Å². The van der Waals surface area contributed by atoms with Gasteiger partial charge in [-0.25, -0.2) is 0 Å². The Balaban J connectivity index is 2.44. The summed E-state index contributed by atoms with van der Waals surface area (Å²) in [5.41, 5.74) is 5.93. The Kier molecular flexibility index (Phi) is 4.78. The van der Waals surface area contributed by atoms with Crippen LogP contribution in [0.3, 0.4) is 0 Å². The molecule has 1 heterocycles. The molecule has 0 radical (unpaired) electrons. The van der Waals surface area contributed by atoms with E-state index in [0.29, 0.717) is 17.8 Å². The summed E-state index contributed by atoms with van der Waals surface area (Å²) in [5, 5.41) is 0. The molecular formula is C13H26N2O. The van der Waals surface area contributed by atoms with Crippen LogP contribution in [0.1, 0.15) is 40.5 Å². The van der Waals surface area contributed by atoms with Crippen LogP contribution < -0.4 is 5.73 Å². The lowest BCUT2D eigenvalue weighted by molar-refractivity contribution is -0.132. The van der Waals surface area contributed by atoms with E-state index in [4.69, 9.17) is 5.73 Å². The number of carbonyl (C=O) groups is 1. The number of likely N-dealkylation sites (tertiary alicyclic amines) is 1. The summed E-state index contributed by atoms with van der Waals surface area (Å²) in [6.07, 6.45) is 1.93. The average Bonchev–Trinajstić information content (AvgIpc) is 2.64. The van der Waals surface area contributed by atoms with Crippen molar-refractivity contribution in [3.63, 3.8) is 0 Å². The first-order valence-electron chi connectivity index (χ1n) is 6.46. The Bertz CT molecular complexity index is 238. The second-order valence-electron chi connectivity index (χ2n) is 5.81. The van der Waals surface area contributed by atoms with E-state index in [1.807, 2.05) is 4.90 Å². The predicted molar refractivity (Wildman–Crippen MR) is 67.0 cm³/mol. The van der Waals surface area contributed by atoms with E-state index in [1.54, 1.807) is 0 Å². The van der Waals surface area contributed by atoms with Crippen molar-refractivity contribution in [1.29, 1.82) is 0 Å². The normalized spacial score (nSPS) is 23.2. The molecule has 0 saturated carbocycles. The van der Waals surface area contributed by atoms with Crippen molar-refractivity contribution in [3.05, 3.63) is 0 Å². The summed E-state index contributed by atoms with van der Waals surface area (Å²) in [6.45, 7) is 10.5. The summed E-state index contributed by atoms with van der Waals surface area (Å²) in [6, 6.07) is -0.300. The van der Waals surface area contributed by atoms with Crippen molar-refractivity contribution in [3.8, 4) is 0 Å². The quantitative estimate of drug-likeness (QED) is 0.795. The van der Waals surface area contributed by atoms with Crippen molar-refractivity contribution < 1.29 is 4.79 Å². The third kappa shape index (κ3) is 3.48. The van der Waals surface area contributed by atoms with Crippen LogP contribution in [0.25, 0.3) is 0 Å². The molecule has 1 amide bonds. The molecule has 0 spiro atoms. The zero-order chi connectivity index (χ0) is 12.3. The van der Waals surface area contributed by atoms with Gasteiger partial charge in [0.1, 0.15) is 0 Å². The third-order valence-corrected chi connectivity index (χ3v) is 3.52. The Morgan fingerprint density at radius 3 is 2.44 bits per heavy atom. The van der Waals surface area contributed by atoms with Gasteiger partial charge in [0.15, 0.2) is 0 Å². The smallest absolute Gasteiger partial charge is 0.239 e. The number of hydrogen-bond acceptors (Lipinski definition) is 2. The minimum atomic E-state index is -0.300. The van der Waals surface area contributed by atoms with Gasteiger partial charge in [-0.15, -0.1) is 0 Å². The van der Waals surface area contributed by atoms with Crippen molar-refractivity contribution in [2.45, 2.75) is 46.6 Å². The number of rotatable bonds is 4. The number of carbonyl (C=O) groups excluding carboxylic acids is 1. The standard InChI is InChI=1S/C13H26N2O/c1-9(2)7-12(14)13(16)15-6-5-11(8-15)10(3)4/h9-12H,5-8,14H2,1-4H3/t11?,12-/m0/s1. The number of amides is 1. The molecule has 1 aliphatic rings. The lowest BCUT2D eigenvalue weighted by Crippen LogP contribution is -2.43. The molecule has 16 heavy (non-hydrogen) atoms. The highest BCUT2D eigenvalue weighted by Gasteiger charge is 2.30. The van der Waals surface area contributed by atoms with Gasteiger partial charge < -0.3 is 10.6 Å². The van der Waals surface area contributed by atoms with Crippen molar-refractivity contribution in [1.82, 2.24) is 4.90 Å². The molecule has 0 aromatic rings. The van der Waals surface area contributed by atoms with Gasteiger partial charge in [0, 0.05) is 13.1 Å². The largest absolute Gasteiger partial charge is 0.341 e. The van der Waals surface area contributed by atoms with Crippen LogP contribution >= 0.6 is 0 Å². The van der Waals surface area contributed by atoms with Crippen LogP contribution in [0.4, 0.5) is 0 Å². The van der Waals surface area contributed by atoms with E-state index in [2.05, 4.69) is 27.7 Å². The van der Waals surface area contributed by atoms with E-state index < -0.39 is 0 Å². The molecule has 0 bridgehead atoms. The Morgan fingerprint density at radius 2 is 2.00 bits per heavy atom. The summed E-state index contributed by atoms with van der Waals surface area (Å²) in [4.78, 5) is 14.0. The first-order chi connectivity index (χ1) is 7.41. The van der Waals surface area contributed by atoms with Gasteiger partial charge in [-0.2, -0.15) is 0 Å². The zero-order valence-corrected chi connectivity index (χ0v) is 11.1. The lowest BCUT2D eigenvalue weighted by Gasteiger charge is -2.22. The molecule has 3 heteroatoms. The van der Waals surface area contributed by atoms with Crippen LogP contribution in [0.2, 0.25) is 0 Å². The van der Waals surface area contributed by atoms with Gasteiger partial charge in [-0.05, 0) is 30.6 Å². The highest BCUT2D eigenvalue weighted by molar-refractivity contribution is 5.81. The van der Waals surface area contributed by atoms with Gasteiger partial charge in [0.25, 0.3) is 0 Å². The van der Waals surface area contributed by atoms with E-state index in [0.717, 1.165) is 25.9 Å². The first kappa shape index (κ1) is 13.5. The maximum absolute atomic E-state index is 12.0. The first-order valence-corrected chi connectivity index (χ1v) is 6.46. The highest BCUT2D eigenvalue weighted by atomic mass is 16.2. The molecule has 2 N–H and O–H groups in total. The number of hydrogen-bond donors (Lipinski definition) is 1. The zero-order valence-electron chi connectivity index (χ0n) is 11.1. The second-order valence-corrected chi connectivity index (χ2v) is 5.81. The monoisotopic (exact) mass is 226 g/mol. The average molecular weight is 226 g/mol. The maximum atomic E-state index is 12.0. The molecule has 1 saturated heterocycles. The van der Waals surface area contributed by atoms with Crippen molar-refractivity contribution in [2.75, 3.05) is 13.1 Å². The molecule has 0 aromatic heterocycles. The molecule has 1 fully saturated rings. The van der Waals surface area contributed by atoms with Gasteiger partial charge in [-0.1, -0.05) is 27.7 Å². The van der Waals surface area contributed by atoms with Gasteiger partial charge in [0.2, 0.25) is 5.91 Å². The van der Waals surface area contributed by atoms with Crippen molar-refractivity contribution in [2.24, 2.45) is 23.5 Å². The highest BCUT2D eigenvalue weighted by Crippen LogP contribution is 2.24. The summed E-state index contributed by atoms with van der Waals surface area (Å²) in [5.74, 6) is 1.97. The maximum Gasteiger partial charge on any atom is 0.239 e. The Hall–Kier alpha value is -0.570. The Labute approximate surface area is 99.4 Å². The minimum Gasteiger partial charge on any atom is -0.341 e. The molecule has 0 aromatic carbocycles. The summed E-state index contributed by atoms with van der Waals surface area (Å²) in [7, 11) is 0. The van der Waals surface area contributed by atoms with Crippen LogP contribution in [0, 0.1) is 17.8 Å². The van der Waals surface area contributed by atoms with Gasteiger partial charge >= 0.3 is 0 Å².